The first kappa shape index (κ1) is 16.7. The van der Waals surface area contributed by atoms with Crippen LogP contribution in [-0.4, -0.2) is 31.8 Å². The van der Waals surface area contributed by atoms with Gasteiger partial charge in [0.1, 0.15) is 5.82 Å². The molecule has 1 N–H and O–H groups in total. The summed E-state index contributed by atoms with van der Waals surface area (Å²) in [4.78, 5) is 29.7. The van der Waals surface area contributed by atoms with Crippen molar-refractivity contribution in [2.75, 3.05) is 13.1 Å². The van der Waals surface area contributed by atoms with Gasteiger partial charge in [0.2, 0.25) is 0 Å². The predicted octanol–water partition coefficient (Wildman–Crippen LogP) is 0.867. The van der Waals surface area contributed by atoms with Crippen LogP contribution in [0.25, 0.3) is 11.2 Å². The quantitative estimate of drug-likeness (QED) is 0.847. The summed E-state index contributed by atoms with van der Waals surface area (Å²) in [6, 6.07) is 0. The molecular formula is C17H25N5O2. The average molecular weight is 331 g/mol. The first-order valence-electron chi connectivity index (χ1n) is 8.42. The van der Waals surface area contributed by atoms with E-state index < -0.39 is 0 Å². The lowest BCUT2D eigenvalue weighted by Gasteiger charge is -2.22. The third-order valence-corrected chi connectivity index (χ3v) is 4.72. The minimum absolute atomic E-state index is 0.261. The highest BCUT2D eigenvalue weighted by atomic mass is 16.2. The monoisotopic (exact) mass is 331 g/mol. The van der Waals surface area contributed by atoms with Gasteiger partial charge in [0.05, 0.1) is 0 Å². The van der Waals surface area contributed by atoms with Crippen molar-refractivity contribution in [1.82, 2.24) is 24.0 Å². The van der Waals surface area contributed by atoms with E-state index in [1.807, 2.05) is 18.4 Å². The number of fused-ring (bicyclic) bond motifs is 1. The van der Waals surface area contributed by atoms with Gasteiger partial charge in [-0.3, -0.25) is 13.9 Å². The van der Waals surface area contributed by atoms with Gasteiger partial charge < -0.3 is 9.88 Å². The highest BCUT2D eigenvalue weighted by Gasteiger charge is 2.25. The summed E-state index contributed by atoms with van der Waals surface area (Å²) in [7, 11) is 3.19. The molecule has 0 amide bonds. The lowest BCUT2D eigenvalue weighted by molar-refractivity contribution is 0.437. The zero-order chi connectivity index (χ0) is 17.4. The van der Waals surface area contributed by atoms with Gasteiger partial charge in [0.25, 0.3) is 5.56 Å². The first-order valence-corrected chi connectivity index (χ1v) is 8.42. The molecule has 0 bridgehead atoms. The Hall–Kier alpha value is -2.15. The van der Waals surface area contributed by atoms with E-state index in [0.717, 1.165) is 36.3 Å². The molecule has 2 aromatic heterocycles. The fourth-order valence-corrected chi connectivity index (χ4v) is 3.31. The van der Waals surface area contributed by atoms with E-state index in [-0.39, 0.29) is 17.2 Å². The Morgan fingerprint density at radius 2 is 2.04 bits per heavy atom. The predicted molar refractivity (Wildman–Crippen MR) is 94.5 cm³/mol. The number of allylic oxidation sites excluding steroid dienone is 2. The third-order valence-electron chi connectivity index (χ3n) is 4.72. The summed E-state index contributed by atoms with van der Waals surface area (Å²) in [5.41, 5.74) is 1.56. The highest BCUT2D eigenvalue weighted by molar-refractivity contribution is 5.71. The van der Waals surface area contributed by atoms with Crippen molar-refractivity contribution in [3.05, 3.63) is 38.3 Å². The number of hydrogen-bond acceptors (Lipinski definition) is 4. The topological polar surface area (TPSA) is 73.8 Å². The lowest BCUT2D eigenvalue weighted by atomic mass is 9.99. The summed E-state index contributed by atoms with van der Waals surface area (Å²) in [5, 5.41) is 3.40. The van der Waals surface area contributed by atoms with Crippen LogP contribution in [0.2, 0.25) is 0 Å². The van der Waals surface area contributed by atoms with Gasteiger partial charge in [0, 0.05) is 33.1 Å². The molecule has 130 valence electrons. The molecule has 0 aliphatic carbocycles. The van der Waals surface area contributed by atoms with Crippen LogP contribution >= 0.6 is 0 Å². The van der Waals surface area contributed by atoms with Crippen LogP contribution in [0.3, 0.4) is 0 Å². The van der Waals surface area contributed by atoms with E-state index in [9.17, 15) is 9.59 Å². The molecule has 1 saturated heterocycles. The van der Waals surface area contributed by atoms with Crippen LogP contribution < -0.4 is 16.6 Å². The Morgan fingerprint density at radius 3 is 2.67 bits per heavy atom. The number of aryl methyl sites for hydroxylation is 1. The fourth-order valence-electron chi connectivity index (χ4n) is 3.31. The molecular weight excluding hydrogens is 306 g/mol. The van der Waals surface area contributed by atoms with Gasteiger partial charge >= 0.3 is 5.69 Å². The van der Waals surface area contributed by atoms with Crippen LogP contribution in [0.15, 0.2) is 21.2 Å². The number of nitrogens with zero attached hydrogens (tertiary/aromatic N) is 4. The summed E-state index contributed by atoms with van der Waals surface area (Å²) in [5.74, 6) is 1.16. The number of aromatic nitrogens is 4. The Kier molecular flexibility index (Phi) is 4.45. The van der Waals surface area contributed by atoms with Crippen molar-refractivity contribution in [2.24, 2.45) is 14.1 Å². The van der Waals surface area contributed by atoms with Crippen LogP contribution in [0.1, 0.15) is 38.4 Å². The highest BCUT2D eigenvalue weighted by Crippen LogP contribution is 2.25. The van der Waals surface area contributed by atoms with Crippen LogP contribution in [-0.2, 0) is 20.6 Å². The number of rotatable bonds is 3. The van der Waals surface area contributed by atoms with Gasteiger partial charge in [0.15, 0.2) is 11.2 Å². The molecule has 3 rings (SSSR count). The summed E-state index contributed by atoms with van der Waals surface area (Å²) >= 11 is 0. The molecule has 1 aliphatic heterocycles. The van der Waals surface area contributed by atoms with Gasteiger partial charge in [-0.1, -0.05) is 11.6 Å². The maximum Gasteiger partial charge on any atom is 0.332 e. The number of nitrogens with one attached hydrogen (secondary N) is 1. The number of hydrogen-bond donors (Lipinski definition) is 1. The summed E-state index contributed by atoms with van der Waals surface area (Å²) in [6.45, 7) is 6.54. The molecule has 7 heteroatoms. The van der Waals surface area contributed by atoms with Crippen molar-refractivity contribution < 1.29 is 0 Å². The van der Waals surface area contributed by atoms with E-state index in [1.165, 1.54) is 17.2 Å². The maximum absolute atomic E-state index is 12.7. The lowest BCUT2D eigenvalue weighted by Crippen LogP contribution is -2.37. The minimum atomic E-state index is -0.340. The Labute approximate surface area is 140 Å². The molecule has 0 aromatic carbocycles. The van der Waals surface area contributed by atoms with Crippen molar-refractivity contribution >= 4 is 11.2 Å². The second kappa shape index (κ2) is 6.39. The van der Waals surface area contributed by atoms with Gasteiger partial charge in [-0.2, -0.15) is 0 Å². The van der Waals surface area contributed by atoms with E-state index >= 15 is 0 Å². The Bertz CT molecular complexity index is 906. The number of piperidine rings is 1. The molecule has 24 heavy (non-hydrogen) atoms. The molecule has 0 spiro atoms. The van der Waals surface area contributed by atoms with Crippen LogP contribution in [0, 0.1) is 0 Å². The molecule has 1 atom stereocenters. The minimum Gasteiger partial charge on any atom is -0.318 e. The average Bonchev–Trinajstić information content (AvgIpc) is 2.96. The van der Waals surface area contributed by atoms with Crippen molar-refractivity contribution in [3.63, 3.8) is 0 Å². The second-order valence-corrected chi connectivity index (χ2v) is 6.78. The molecule has 2 aromatic rings. The van der Waals surface area contributed by atoms with Crippen molar-refractivity contribution in [2.45, 2.75) is 39.2 Å². The molecule has 0 radical (unpaired) electrons. The van der Waals surface area contributed by atoms with Gasteiger partial charge in [-0.15, -0.1) is 0 Å². The van der Waals surface area contributed by atoms with Gasteiger partial charge in [-0.25, -0.2) is 9.78 Å². The van der Waals surface area contributed by atoms with Crippen molar-refractivity contribution in [1.29, 1.82) is 0 Å². The summed E-state index contributed by atoms with van der Waals surface area (Å²) in [6.07, 6.45) is 4.22. The van der Waals surface area contributed by atoms with Crippen LogP contribution in [0.5, 0.6) is 0 Å². The van der Waals surface area contributed by atoms with E-state index in [1.54, 1.807) is 7.05 Å². The zero-order valence-corrected chi connectivity index (χ0v) is 14.8. The van der Waals surface area contributed by atoms with E-state index in [2.05, 4.69) is 11.4 Å². The molecule has 3 heterocycles. The standard InChI is InChI=1S/C17H25N5O2/c1-11(2)7-9-22-13-15(20(3)17(24)21(4)16(13)23)19-14(22)12-6-5-8-18-10-12/h7,12,18H,5-6,8-10H2,1-4H3. The summed E-state index contributed by atoms with van der Waals surface area (Å²) < 4.78 is 4.61. The normalized spacial score (nSPS) is 18.1. The SMILES string of the molecule is CC(C)=CCn1c(C2CCCNC2)nc2c1c(=O)n(C)c(=O)n2C. The zero-order valence-electron chi connectivity index (χ0n) is 14.8. The van der Waals surface area contributed by atoms with E-state index in [4.69, 9.17) is 4.98 Å². The van der Waals surface area contributed by atoms with E-state index in [0.29, 0.717) is 17.7 Å². The fraction of sp³-hybridized carbons (Fsp3) is 0.588. The van der Waals surface area contributed by atoms with Crippen molar-refractivity contribution in [3.8, 4) is 0 Å². The third kappa shape index (κ3) is 2.73. The first-order chi connectivity index (χ1) is 11.4. The van der Waals surface area contributed by atoms with Gasteiger partial charge in [-0.05, 0) is 33.2 Å². The maximum atomic E-state index is 12.7. The largest absolute Gasteiger partial charge is 0.332 e. The second-order valence-electron chi connectivity index (χ2n) is 6.78. The molecule has 1 fully saturated rings. The van der Waals surface area contributed by atoms with Crippen LogP contribution in [0.4, 0.5) is 0 Å². The molecule has 1 aliphatic rings. The Balaban J connectivity index is 2.30. The number of imidazole rings is 1. The molecule has 0 saturated carbocycles. The Morgan fingerprint density at radius 1 is 1.29 bits per heavy atom. The smallest absolute Gasteiger partial charge is 0.318 e. The molecule has 7 nitrogen and oxygen atoms in total. The molecule has 1 unspecified atom stereocenters.